The normalized spacial score (nSPS) is 17.6. The smallest absolute Gasteiger partial charge is 0.0572 e. The van der Waals surface area contributed by atoms with Crippen molar-refractivity contribution in [1.29, 1.82) is 0 Å². The summed E-state index contributed by atoms with van der Waals surface area (Å²) >= 11 is 0. The summed E-state index contributed by atoms with van der Waals surface area (Å²) in [6, 6.07) is 8.78. The van der Waals surface area contributed by atoms with Crippen LogP contribution in [0.5, 0.6) is 0 Å². The number of ether oxygens (including phenoxy) is 1. The van der Waals surface area contributed by atoms with Gasteiger partial charge in [-0.1, -0.05) is 24.3 Å². The highest BCUT2D eigenvalue weighted by molar-refractivity contribution is 5.25. The van der Waals surface area contributed by atoms with Crippen molar-refractivity contribution < 1.29 is 9.57 Å². The van der Waals surface area contributed by atoms with E-state index in [1.165, 1.54) is 11.1 Å². The van der Waals surface area contributed by atoms with Crippen LogP contribution in [0.3, 0.4) is 0 Å². The van der Waals surface area contributed by atoms with Crippen molar-refractivity contribution in [1.82, 2.24) is 5.48 Å². The van der Waals surface area contributed by atoms with Gasteiger partial charge in [0.2, 0.25) is 0 Å². The van der Waals surface area contributed by atoms with Crippen molar-refractivity contribution in [2.45, 2.75) is 25.3 Å². The summed E-state index contributed by atoms with van der Waals surface area (Å²) in [6.07, 6.45) is 2.30. The first-order valence-electron chi connectivity index (χ1n) is 5.82. The van der Waals surface area contributed by atoms with Gasteiger partial charge < -0.3 is 9.57 Å². The van der Waals surface area contributed by atoms with E-state index < -0.39 is 0 Å². The molecule has 0 spiro atoms. The van der Waals surface area contributed by atoms with Crippen LogP contribution in [0.2, 0.25) is 0 Å². The first-order chi connectivity index (χ1) is 7.90. The molecule has 0 atom stereocenters. The SMILES string of the molecule is CONCc1ccc(C2CCOCC2)cc1. The Balaban J connectivity index is 1.95. The number of hydroxylamine groups is 1. The van der Waals surface area contributed by atoms with Crippen molar-refractivity contribution in [2.75, 3.05) is 20.3 Å². The zero-order valence-electron chi connectivity index (χ0n) is 9.74. The van der Waals surface area contributed by atoms with E-state index in [2.05, 4.69) is 29.7 Å². The molecule has 88 valence electrons. The van der Waals surface area contributed by atoms with Gasteiger partial charge in [0, 0.05) is 19.8 Å². The van der Waals surface area contributed by atoms with E-state index in [-0.39, 0.29) is 0 Å². The summed E-state index contributed by atoms with van der Waals surface area (Å²) in [6.45, 7) is 2.56. The Morgan fingerprint density at radius 3 is 2.56 bits per heavy atom. The molecule has 16 heavy (non-hydrogen) atoms. The number of hydrogen-bond donors (Lipinski definition) is 1. The fourth-order valence-corrected chi connectivity index (χ4v) is 2.09. The molecule has 0 aromatic heterocycles. The van der Waals surface area contributed by atoms with E-state index in [9.17, 15) is 0 Å². The molecule has 1 aliphatic rings. The average Bonchev–Trinajstić information content (AvgIpc) is 2.38. The van der Waals surface area contributed by atoms with Gasteiger partial charge in [-0.25, -0.2) is 0 Å². The fourth-order valence-electron chi connectivity index (χ4n) is 2.09. The van der Waals surface area contributed by atoms with Gasteiger partial charge in [-0.15, -0.1) is 0 Å². The van der Waals surface area contributed by atoms with Crippen molar-refractivity contribution in [3.8, 4) is 0 Å². The molecule has 1 saturated heterocycles. The van der Waals surface area contributed by atoms with Crippen LogP contribution in [0.15, 0.2) is 24.3 Å². The zero-order valence-corrected chi connectivity index (χ0v) is 9.74. The first-order valence-corrected chi connectivity index (χ1v) is 5.82. The Bertz CT molecular complexity index is 304. The highest BCUT2D eigenvalue weighted by atomic mass is 16.6. The summed E-state index contributed by atoms with van der Waals surface area (Å²) in [7, 11) is 1.64. The van der Waals surface area contributed by atoms with E-state index in [1.54, 1.807) is 7.11 Å². The molecule has 0 saturated carbocycles. The lowest BCUT2D eigenvalue weighted by molar-refractivity contribution is 0.0851. The van der Waals surface area contributed by atoms with Gasteiger partial charge >= 0.3 is 0 Å². The van der Waals surface area contributed by atoms with Crippen LogP contribution in [-0.2, 0) is 16.1 Å². The quantitative estimate of drug-likeness (QED) is 0.791. The van der Waals surface area contributed by atoms with Crippen molar-refractivity contribution in [2.24, 2.45) is 0 Å². The Labute approximate surface area is 96.7 Å². The van der Waals surface area contributed by atoms with E-state index in [4.69, 9.17) is 9.57 Å². The second-order valence-electron chi connectivity index (χ2n) is 4.15. The standard InChI is InChI=1S/C13H19NO2/c1-15-14-10-11-2-4-12(5-3-11)13-6-8-16-9-7-13/h2-5,13-14H,6-10H2,1H3. The van der Waals surface area contributed by atoms with Crippen LogP contribution in [0.1, 0.15) is 29.9 Å². The molecule has 0 aliphatic carbocycles. The minimum atomic E-state index is 0.679. The number of nitrogens with one attached hydrogen (secondary N) is 1. The molecule has 1 aliphatic heterocycles. The summed E-state index contributed by atoms with van der Waals surface area (Å²) in [4.78, 5) is 4.83. The van der Waals surface area contributed by atoms with Gasteiger partial charge in [0.25, 0.3) is 0 Å². The van der Waals surface area contributed by atoms with E-state index in [0.717, 1.165) is 32.6 Å². The third-order valence-corrected chi connectivity index (χ3v) is 3.09. The predicted molar refractivity (Wildman–Crippen MR) is 63.1 cm³/mol. The number of rotatable bonds is 4. The summed E-state index contributed by atoms with van der Waals surface area (Å²) < 4.78 is 5.37. The van der Waals surface area contributed by atoms with E-state index in [0.29, 0.717) is 5.92 Å². The molecule has 0 bridgehead atoms. The second kappa shape index (κ2) is 5.99. The Morgan fingerprint density at radius 1 is 1.25 bits per heavy atom. The highest BCUT2D eigenvalue weighted by Crippen LogP contribution is 2.26. The largest absolute Gasteiger partial charge is 0.381 e. The molecule has 1 aromatic rings. The van der Waals surface area contributed by atoms with Crippen LogP contribution in [0.4, 0.5) is 0 Å². The molecule has 0 radical (unpaired) electrons. The van der Waals surface area contributed by atoms with Gasteiger partial charge in [-0.05, 0) is 29.9 Å². The molecule has 0 unspecified atom stereocenters. The maximum atomic E-state index is 5.37. The lowest BCUT2D eigenvalue weighted by atomic mass is 9.91. The molecular weight excluding hydrogens is 202 g/mol. The molecule has 3 nitrogen and oxygen atoms in total. The Hall–Kier alpha value is -0.900. The Kier molecular flexibility index (Phi) is 4.34. The van der Waals surface area contributed by atoms with Crippen molar-refractivity contribution in [3.05, 3.63) is 35.4 Å². The van der Waals surface area contributed by atoms with Crippen LogP contribution in [0, 0.1) is 0 Å². The molecule has 3 heteroatoms. The molecule has 2 rings (SSSR count). The van der Waals surface area contributed by atoms with Gasteiger partial charge in [0.1, 0.15) is 0 Å². The van der Waals surface area contributed by atoms with Crippen LogP contribution in [-0.4, -0.2) is 20.3 Å². The van der Waals surface area contributed by atoms with Gasteiger partial charge in [0.15, 0.2) is 0 Å². The van der Waals surface area contributed by atoms with E-state index >= 15 is 0 Å². The van der Waals surface area contributed by atoms with Crippen molar-refractivity contribution in [3.63, 3.8) is 0 Å². The molecular formula is C13H19NO2. The van der Waals surface area contributed by atoms with Crippen LogP contribution >= 0.6 is 0 Å². The third-order valence-electron chi connectivity index (χ3n) is 3.09. The highest BCUT2D eigenvalue weighted by Gasteiger charge is 2.15. The predicted octanol–water partition coefficient (Wildman–Crippen LogP) is 2.23. The van der Waals surface area contributed by atoms with Crippen LogP contribution in [0.25, 0.3) is 0 Å². The maximum absolute atomic E-state index is 5.37. The molecule has 1 heterocycles. The molecule has 1 aromatic carbocycles. The monoisotopic (exact) mass is 221 g/mol. The zero-order chi connectivity index (χ0) is 11.2. The minimum absolute atomic E-state index is 0.679. The average molecular weight is 221 g/mol. The van der Waals surface area contributed by atoms with Gasteiger partial charge in [-0.3, -0.25) is 0 Å². The maximum Gasteiger partial charge on any atom is 0.0572 e. The van der Waals surface area contributed by atoms with Gasteiger partial charge in [-0.2, -0.15) is 5.48 Å². The molecule has 1 N–H and O–H groups in total. The van der Waals surface area contributed by atoms with Crippen molar-refractivity contribution >= 4 is 0 Å². The van der Waals surface area contributed by atoms with E-state index in [1.807, 2.05) is 0 Å². The minimum Gasteiger partial charge on any atom is -0.381 e. The first kappa shape index (κ1) is 11.6. The lowest BCUT2D eigenvalue weighted by Crippen LogP contribution is -2.14. The lowest BCUT2D eigenvalue weighted by Gasteiger charge is -2.22. The van der Waals surface area contributed by atoms with Crippen LogP contribution < -0.4 is 5.48 Å². The molecule has 1 fully saturated rings. The fraction of sp³-hybridized carbons (Fsp3) is 0.538. The number of hydrogen-bond acceptors (Lipinski definition) is 3. The second-order valence-corrected chi connectivity index (χ2v) is 4.15. The topological polar surface area (TPSA) is 30.5 Å². The summed E-state index contributed by atoms with van der Waals surface area (Å²) in [5.41, 5.74) is 5.53. The third kappa shape index (κ3) is 3.04. The number of benzene rings is 1. The Morgan fingerprint density at radius 2 is 1.94 bits per heavy atom. The van der Waals surface area contributed by atoms with Gasteiger partial charge in [0.05, 0.1) is 7.11 Å². The molecule has 0 amide bonds. The summed E-state index contributed by atoms with van der Waals surface area (Å²) in [5.74, 6) is 0.679. The summed E-state index contributed by atoms with van der Waals surface area (Å²) in [5, 5.41) is 0.